The lowest BCUT2D eigenvalue weighted by atomic mass is 10.0. The number of carboxylic acid groups (broad SMARTS) is 1. The molecule has 0 fully saturated rings. The third-order valence-electron chi connectivity index (χ3n) is 3.54. The second-order valence-electron chi connectivity index (χ2n) is 5.20. The normalized spacial score (nSPS) is 12.4. The molecule has 0 saturated carbocycles. The van der Waals surface area contributed by atoms with Gasteiger partial charge in [-0.1, -0.05) is 24.3 Å². The maximum atomic E-state index is 12.5. The van der Waals surface area contributed by atoms with Crippen molar-refractivity contribution < 1.29 is 27.8 Å². The Morgan fingerprint density at radius 3 is 2.28 bits per heavy atom. The third kappa shape index (κ3) is 4.71. The van der Waals surface area contributed by atoms with Crippen LogP contribution in [-0.4, -0.2) is 33.7 Å². The van der Waals surface area contributed by atoms with Crippen LogP contribution in [-0.2, 0) is 14.8 Å². The average Bonchev–Trinajstić information content (AvgIpc) is 2.60. The lowest BCUT2D eigenvalue weighted by Crippen LogP contribution is -2.30. The summed E-state index contributed by atoms with van der Waals surface area (Å²) in [5.74, 6) is -0.281. The van der Waals surface area contributed by atoms with Gasteiger partial charge in [-0.15, -0.1) is 0 Å². The van der Waals surface area contributed by atoms with Crippen LogP contribution in [0.3, 0.4) is 0 Å². The molecule has 0 amide bonds. The molecule has 0 spiro atoms. The van der Waals surface area contributed by atoms with Gasteiger partial charge >= 0.3 is 5.97 Å². The summed E-state index contributed by atoms with van der Waals surface area (Å²) < 4.78 is 37.8. The predicted molar refractivity (Wildman–Crippen MR) is 91.3 cm³/mol. The number of benzene rings is 2. The van der Waals surface area contributed by atoms with Crippen molar-refractivity contribution in [3.63, 3.8) is 0 Å². The van der Waals surface area contributed by atoms with Crippen LogP contribution in [0.2, 0.25) is 0 Å². The largest absolute Gasteiger partial charge is 0.493 e. The maximum Gasteiger partial charge on any atom is 0.305 e. The van der Waals surface area contributed by atoms with Gasteiger partial charge in [0.05, 0.1) is 31.6 Å². The highest BCUT2D eigenvalue weighted by Gasteiger charge is 2.24. The Balaban J connectivity index is 2.38. The zero-order valence-corrected chi connectivity index (χ0v) is 14.6. The van der Waals surface area contributed by atoms with Gasteiger partial charge in [0.15, 0.2) is 11.5 Å². The Morgan fingerprint density at radius 1 is 1.08 bits per heavy atom. The third-order valence-corrected chi connectivity index (χ3v) is 5.03. The van der Waals surface area contributed by atoms with Crippen LogP contribution in [0.1, 0.15) is 18.0 Å². The summed E-state index contributed by atoms with van der Waals surface area (Å²) in [6.07, 6.45) is -0.415. The van der Waals surface area contributed by atoms with E-state index in [1.807, 2.05) is 0 Å². The first kappa shape index (κ1) is 18.8. The van der Waals surface area contributed by atoms with Gasteiger partial charge < -0.3 is 14.6 Å². The van der Waals surface area contributed by atoms with Crippen molar-refractivity contribution in [1.82, 2.24) is 4.72 Å². The van der Waals surface area contributed by atoms with Crippen LogP contribution < -0.4 is 14.2 Å². The molecule has 0 heterocycles. The van der Waals surface area contributed by atoms with Gasteiger partial charge in [-0.25, -0.2) is 13.1 Å². The molecular formula is C17H19NO6S. The molecule has 134 valence electrons. The van der Waals surface area contributed by atoms with Gasteiger partial charge in [-0.3, -0.25) is 4.79 Å². The van der Waals surface area contributed by atoms with Gasteiger partial charge in [-0.05, 0) is 29.8 Å². The molecule has 0 aliphatic heterocycles. The van der Waals surface area contributed by atoms with Gasteiger partial charge in [0.25, 0.3) is 0 Å². The summed E-state index contributed by atoms with van der Waals surface area (Å²) in [7, 11) is -0.951. The fourth-order valence-electron chi connectivity index (χ4n) is 2.33. The molecule has 2 rings (SSSR count). The van der Waals surface area contributed by atoms with E-state index in [9.17, 15) is 13.2 Å². The van der Waals surface area contributed by atoms with Crippen LogP contribution in [0.25, 0.3) is 0 Å². The monoisotopic (exact) mass is 365 g/mol. The number of carbonyl (C=O) groups is 1. The Kier molecular flexibility index (Phi) is 6.00. The first-order valence-corrected chi connectivity index (χ1v) is 8.87. The van der Waals surface area contributed by atoms with Crippen molar-refractivity contribution in [2.24, 2.45) is 0 Å². The number of hydrogen-bond acceptors (Lipinski definition) is 5. The molecule has 0 aliphatic carbocycles. The highest BCUT2D eigenvalue weighted by molar-refractivity contribution is 7.89. The Labute approximate surface area is 146 Å². The molecule has 0 unspecified atom stereocenters. The number of nitrogens with one attached hydrogen (secondary N) is 1. The van der Waals surface area contributed by atoms with Gasteiger partial charge in [0, 0.05) is 0 Å². The Bertz CT molecular complexity index is 835. The SMILES string of the molecule is COc1ccc([C@H](CC(=O)O)NS(=O)(=O)c2ccccc2)cc1OC. The van der Waals surface area contributed by atoms with E-state index in [-0.39, 0.29) is 4.90 Å². The van der Waals surface area contributed by atoms with E-state index in [0.29, 0.717) is 17.1 Å². The molecule has 25 heavy (non-hydrogen) atoms. The summed E-state index contributed by atoms with van der Waals surface area (Å²) in [5.41, 5.74) is 0.458. The van der Waals surface area contributed by atoms with Crippen molar-refractivity contribution in [3.8, 4) is 11.5 Å². The lowest BCUT2D eigenvalue weighted by Gasteiger charge is -2.19. The number of sulfonamides is 1. The quantitative estimate of drug-likeness (QED) is 0.744. The number of ether oxygens (including phenoxy) is 2. The number of carboxylic acids is 1. The minimum Gasteiger partial charge on any atom is -0.493 e. The summed E-state index contributed by atoms with van der Waals surface area (Å²) in [5, 5.41) is 9.15. The van der Waals surface area contributed by atoms with Crippen LogP contribution in [0.15, 0.2) is 53.4 Å². The molecule has 2 aromatic rings. The number of methoxy groups -OCH3 is 2. The number of hydrogen-bond donors (Lipinski definition) is 2. The van der Waals surface area contributed by atoms with E-state index in [0.717, 1.165) is 0 Å². The Morgan fingerprint density at radius 2 is 1.72 bits per heavy atom. The van der Waals surface area contributed by atoms with Crippen LogP contribution >= 0.6 is 0 Å². The smallest absolute Gasteiger partial charge is 0.305 e. The van der Waals surface area contributed by atoms with E-state index in [1.165, 1.54) is 26.4 Å². The molecular weight excluding hydrogens is 346 g/mol. The highest BCUT2D eigenvalue weighted by atomic mass is 32.2. The summed E-state index contributed by atoms with van der Waals surface area (Å²) in [6.45, 7) is 0. The molecule has 2 N–H and O–H groups in total. The van der Waals surface area contributed by atoms with E-state index < -0.39 is 28.5 Å². The minimum atomic E-state index is -3.87. The van der Waals surface area contributed by atoms with Crippen LogP contribution in [0.5, 0.6) is 11.5 Å². The summed E-state index contributed by atoms with van der Waals surface area (Å²) in [4.78, 5) is 11.3. The minimum absolute atomic E-state index is 0.0610. The molecule has 0 aromatic heterocycles. The number of aliphatic carboxylic acids is 1. The van der Waals surface area contributed by atoms with Crippen molar-refractivity contribution in [3.05, 3.63) is 54.1 Å². The van der Waals surface area contributed by atoms with E-state index in [1.54, 1.807) is 36.4 Å². The lowest BCUT2D eigenvalue weighted by molar-refractivity contribution is -0.137. The predicted octanol–water partition coefficient (Wildman–Crippen LogP) is 2.20. The van der Waals surface area contributed by atoms with E-state index in [4.69, 9.17) is 14.6 Å². The zero-order valence-electron chi connectivity index (χ0n) is 13.8. The first-order chi connectivity index (χ1) is 11.9. The van der Waals surface area contributed by atoms with Crippen molar-refractivity contribution in [2.75, 3.05) is 14.2 Å². The fourth-order valence-corrected chi connectivity index (χ4v) is 3.57. The van der Waals surface area contributed by atoms with Gasteiger partial charge in [0.2, 0.25) is 10.0 Å². The van der Waals surface area contributed by atoms with E-state index in [2.05, 4.69) is 4.72 Å². The van der Waals surface area contributed by atoms with Crippen molar-refractivity contribution >= 4 is 16.0 Å². The Hall–Kier alpha value is -2.58. The molecule has 2 aromatic carbocycles. The summed E-state index contributed by atoms with van der Waals surface area (Å²) in [6, 6.07) is 11.6. The van der Waals surface area contributed by atoms with Gasteiger partial charge in [0.1, 0.15) is 0 Å². The zero-order chi connectivity index (χ0) is 18.4. The molecule has 0 bridgehead atoms. The topological polar surface area (TPSA) is 102 Å². The highest BCUT2D eigenvalue weighted by Crippen LogP contribution is 2.31. The second-order valence-corrected chi connectivity index (χ2v) is 6.91. The summed E-state index contributed by atoms with van der Waals surface area (Å²) >= 11 is 0. The van der Waals surface area contributed by atoms with Crippen LogP contribution in [0.4, 0.5) is 0 Å². The standard InChI is InChI=1S/C17H19NO6S/c1-23-15-9-8-12(10-16(15)24-2)14(11-17(19)20)18-25(21,22)13-6-4-3-5-7-13/h3-10,14,18H,11H2,1-2H3,(H,19,20)/t14-/m0/s1. The molecule has 7 nitrogen and oxygen atoms in total. The van der Waals surface area contributed by atoms with Crippen molar-refractivity contribution in [2.45, 2.75) is 17.4 Å². The van der Waals surface area contributed by atoms with Gasteiger partial charge in [-0.2, -0.15) is 0 Å². The molecule has 0 aliphatic rings. The average molecular weight is 365 g/mol. The maximum absolute atomic E-state index is 12.5. The van der Waals surface area contributed by atoms with Crippen LogP contribution in [0, 0.1) is 0 Å². The molecule has 0 saturated heterocycles. The molecule has 8 heteroatoms. The fraction of sp³-hybridized carbons (Fsp3) is 0.235. The molecule has 0 radical (unpaired) electrons. The van der Waals surface area contributed by atoms with E-state index >= 15 is 0 Å². The molecule has 1 atom stereocenters. The van der Waals surface area contributed by atoms with Crippen molar-refractivity contribution in [1.29, 1.82) is 0 Å². The second kappa shape index (κ2) is 8.00. The first-order valence-electron chi connectivity index (χ1n) is 7.38. The number of rotatable bonds is 8.